The summed E-state index contributed by atoms with van der Waals surface area (Å²) in [5, 5.41) is 19.2. The Labute approximate surface area is 102 Å². The summed E-state index contributed by atoms with van der Waals surface area (Å²) < 4.78 is 4.76. The second-order valence-corrected chi connectivity index (χ2v) is 6.35. The van der Waals surface area contributed by atoms with Crippen LogP contribution in [0.25, 0.3) is 0 Å². The van der Waals surface area contributed by atoms with Crippen LogP contribution in [0, 0.1) is 17.3 Å². The molecule has 0 aromatic heterocycles. The molecule has 4 rings (SSSR count). The molecule has 0 heterocycles. The molecule has 4 bridgehead atoms. The summed E-state index contributed by atoms with van der Waals surface area (Å²) in [6.07, 6.45) is 3.95. The molecule has 0 aromatic carbocycles. The molecule has 0 amide bonds. The Kier molecular flexibility index (Phi) is 2.28. The van der Waals surface area contributed by atoms with Crippen LogP contribution in [0.2, 0.25) is 0 Å². The zero-order chi connectivity index (χ0) is 12.3. The number of rotatable bonds is 2. The van der Waals surface area contributed by atoms with Gasteiger partial charge in [-0.15, -0.1) is 0 Å². The van der Waals surface area contributed by atoms with Crippen molar-refractivity contribution < 1.29 is 19.7 Å². The highest BCUT2D eigenvalue weighted by molar-refractivity contribution is 6.12. The monoisotopic (exact) mass is 236 g/mol. The first-order chi connectivity index (χ1) is 7.91. The minimum atomic E-state index is -1.32. The summed E-state index contributed by atoms with van der Waals surface area (Å²) in [6.45, 7) is 0. The minimum Gasteiger partial charge on any atom is -0.450 e. The summed E-state index contributed by atoms with van der Waals surface area (Å²) in [5.41, 5.74) is -0.944. The van der Waals surface area contributed by atoms with Crippen molar-refractivity contribution in [2.75, 3.05) is 0 Å². The van der Waals surface area contributed by atoms with Gasteiger partial charge in [0.25, 0.3) is 0 Å². The fourth-order valence-corrected chi connectivity index (χ4v) is 4.85. The molecular weight excluding hydrogens is 219 g/mol. The first kappa shape index (κ1) is 11.4. The highest BCUT2D eigenvalue weighted by Gasteiger charge is 2.59. The first-order valence-corrected chi connectivity index (χ1v) is 6.28. The molecule has 0 aliphatic heterocycles. The van der Waals surface area contributed by atoms with Crippen LogP contribution in [0.4, 0.5) is 4.79 Å². The lowest BCUT2D eigenvalue weighted by Gasteiger charge is -2.61. The zero-order valence-electron chi connectivity index (χ0n) is 9.76. The van der Waals surface area contributed by atoms with Crippen LogP contribution >= 0.6 is 0 Å². The Morgan fingerprint density at radius 2 is 1.88 bits per heavy atom. The van der Waals surface area contributed by atoms with Crippen molar-refractivity contribution >= 4 is 14.0 Å². The maximum absolute atomic E-state index is 10.6. The second-order valence-electron chi connectivity index (χ2n) is 6.35. The Hall–Kier alpha value is -0.705. The van der Waals surface area contributed by atoms with E-state index < -0.39 is 17.8 Å². The summed E-state index contributed by atoms with van der Waals surface area (Å²) in [7, 11) is 5.92. The van der Waals surface area contributed by atoms with Gasteiger partial charge in [-0.25, -0.2) is 4.79 Å². The number of carbonyl (C=O) groups is 1. The minimum absolute atomic E-state index is 0.322. The second kappa shape index (κ2) is 3.41. The van der Waals surface area contributed by atoms with Gasteiger partial charge in [-0.1, -0.05) is 0 Å². The average Bonchev–Trinajstić information content (AvgIpc) is 2.11. The van der Waals surface area contributed by atoms with Gasteiger partial charge >= 0.3 is 6.16 Å². The fraction of sp³-hybridized carbons (Fsp3) is 0.917. The number of hydrogen-bond donors (Lipinski definition) is 2. The molecule has 0 aromatic rings. The summed E-state index contributed by atoms with van der Waals surface area (Å²) in [4.78, 5) is 10.6. The largest absolute Gasteiger partial charge is 0.505 e. The number of carboxylic acid groups (broad SMARTS) is 1. The van der Waals surface area contributed by atoms with Crippen LogP contribution in [0.15, 0.2) is 0 Å². The predicted molar refractivity (Wildman–Crippen MR) is 60.7 cm³/mol. The van der Waals surface area contributed by atoms with E-state index in [2.05, 4.69) is 0 Å². The molecular formula is C12H17BO4. The van der Waals surface area contributed by atoms with E-state index in [0.717, 1.165) is 32.1 Å². The van der Waals surface area contributed by atoms with Gasteiger partial charge in [-0.2, -0.15) is 0 Å². The molecule has 4 aliphatic rings. The van der Waals surface area contributed by atoms with Gasteiger partial charge in [0.1, 0.15) is 7.85 Å². The van der Waals surface area contributed by atoms with E-state index in [4.69, 9.17) is 17.7 Å². The van der Waals surface area contributed by atoms with Gasteiger partial charge in [-0.3, -0.25) is 0 Å². The molecule has 4 saturated carbocycles. The third-order valence-corrected chi connectivity index (χ3v) is 4.91. The maximum Gasteiger partial charge on any atom is 0.505 e. The van der Waals surface area contributed by atoms with Crippen molar-refractivity contribution in [2.45, 2.75) is 50.1 Å². The van der Waals surface area contributed by atoms with Crippen LogP contribution in [0.5, 0.6) is 0 Å². The smallest absolute Gasteiger partial charge is 0.450 e. The quantitative estimate of drug-likeness (QED) is 0.563. The summed E-state index contributed by atoms with van der Waals surface area (Å²) >= 11 is 0. The van der Waals surface area contributed by atoms with Crippen molar-refractivity contribution in [2.24, 2.45) is 17.3 Å². The summed E-state index contributed by atoms with van der Waals surface area (Å²) in [5.74, 6) is 0.981. The average molecular weight is 236 g/mol. The Bertz CT molecular complexity index is 342. The van der Waals surface area contributed by atoms with E-state index in [0.29, 0.717) is 18.3 Å². The van der Waals surface area contributed by atoms with Crippen molar-refractivity contribution in [3.8, 4) is 0 Å². The molecule has 92 valence electrons. The SMILES string of the molecule is [B]C(OC(=O)O)C12CC3CC(CC(O)(C3)C1)C2. The molecule has 0 saturated heterocycles. The van der Waals surface area contributed by atoms with Crippen LogP contribution < -0.4 is 0 Å². The van der Waals surface area contributed by atoms with E-state index in [9.17, 15) is 9.90 Å². The lowest BCUT2D eigenvalue weighted by Crippen LogP contribution is -2.60. The molecule has 4 fully saturated rings. The normalized spacial score (nSPS) is 49.0. The van der Waals surface area contributed by atoms with Gasteiger partial charge in [0.2, 0.25) is 0 Å². The van der Waals surface area contributed by atoms with Gasteiger partial charge in [0.05, 0.1) is 11.6 Å². The molecule has 0 spiro atoms. The van der Waals surface area contributed by atoms with E-state index >= 15 is 0 Å². The molecule has 4 nitrogen and oxygen atoms in total. The van der Waals surface area contributed by atoms with Crippen molar-refractivity contribution in [3.05, 3.63) is 0 Å². The Balaban J connectivity index is 1.85. The van der Waals surface area contributed by atoms with E-state index in [1.54, 1.807) is 0 Å². The van der Waals surface area contributed by atoms with Crippen LogP contribution in [-0.4, -0.2) is 35.8 Å². The van der Waals surface area contributed by atoms with E-state index in [-0.39, 0.29) is 5.41 Å². The van der Waals surface area contributed by atoms with Crippen LogP contribution in [0.1, 0.15) is 38.5 Å². The van der Waals surface area contributed by atoms with E-state index in [1.807, 2.05) is 0 Å². The lowest BCUT2D eigenvalue weighted by molar-refractivity contribution is -0.184. The standard InChI is InChI=1S/C12H17BO4/c13-9(17-10(14)15)11-2-7-1-8(3-11)5-12(16,4-7)6-11/h7-9,16H,1-6H2,(H,14,15). The molecule has 2 radical (unpaired) electrons. The van der Waals surface area contributed by atoms with Crippen molar-refractivity contribution in [1.29, 1.82) is 0 Å². The lowest BCUT2D eigenvalue weighted by atomic mass is 9.44. The molecule has 3 atom stereocenters. The van der Waals surface area contributed by atoms with Gasteiger partial charge < -0.3 is 14.9 Å². The summed E-state index contributed by atoms with van der Waals surface area (Å²) in [6, 6.07) is -0.794. The molecule has 4 aliphatic carbocycles. The highest BCUT2D eigenvalue weighted by Crippen LogP contribution is 2.62. The van der Waals surface area contributed by atoms with Crippen molar-refractivity contribution in [3.63, 3.8) is 0 Å². The third kappa shape index (κ3) is 1.75. The maximum atomic E-state index is 10.6. The van der Waals surface area contributed by atoms with Crippen LogP contribution in [0.3, 0.4) is 0 Å². The fourth-order valence-electron chi connectivity index (χ4n) is 4.85. The van der Waals surface area contributed by atoms with Gasteiger partial charge in [-0.05, 0) is 50.4 Å². The molecule has 5 heteroatoms. The molecule has 3 unspecified atom stereocenters. The van der Waals surface area contributed by atoms with Gasteiger partial charge in [0.15, 0.2) is 0 Å². The van der Waals surface area contributed by atoms with Crippen molar-refractivity contribution in [1.82, 2.24) is 0 Å². The first-order valence-electron chi connectivity index (χ1n) is 6.28. The predicted octanol–water partition coefficient (Wildman–Crippen LogP) is 1.51. The van der Waals surface area contributed by atoms with Gasteiger partial charge in [0, 0.05) is 5.41 Å². The van der Waals surface area contributed by atoms with Crippen LogP contribution in [-0.2, 0) is 4.74 Å². The Morgan fingerprint density at radius 3 is 2.35 bits per heavy atom. The zero-order valence-corrected chi connectivity index (χ0v) is 9.76. The number of aliphatic hydroxyl groups is 1. The van der Waals surface area contributed by atoms with E-state index in [1.165, 1.54) is 0 Å². The molecule has 17 heavy (non-hydrogen) atoms. The number of ether oxygens (including phenoxy) is 1. The highest BCUT2D eigenvalue weighted by atomic mass is 16.7. The molecule has 2 N–H and O–H groups in total. The number of hydrogen-bond acceptors (Lipinski definition) is 3. The topological polar surface area (TPSA) is 66.8 Å². The third-order valence-electron chi connectivity index (χ3n) is 4.91. The Morgan fingerprint density at radius 1 is 1.29 bits per heavy atom.